The molecule has 0 saturated carbocycles. The number of nitrogens with two attached hydrogens (primary N) is 1. The zero-order chi connectivity index (χ0) is 10.6. The van der Waals surface area contributed by atoms with E-state index in [4.69, 9.17) is 10.5 Å². The van der Waals surface area contributed by atoms with Crippen LogP contribution in [0.4, 0.5) is 11.4 Å². The van der Waals surface area contributed by atoms with Crippen LogP contribution in [0, 0.1) is 0 Å². The standard InChI is InChI=1S/C11H18N2O/c1-11(2,8-14-3)13-10-6-4-5-9(12)7-10/h4-7,13H,8,12H2,1-3H3. The first-order chi connectivity index (χ1) is 6.53. The highest BCUT2D eigenvalue weighted by atomic mass is 16.5. The lowest BCUT2D eigenvalue weighted by Gasteiger charge is -2.26. The average Bonchev–Trinajstić information content (AvgIpc) is 2.02. The fraction of sp³-hybridized carbons (Fsp3) is 0.455. The van der Waals surface area contributed by atoms with Crippen LogP contribution >= 0.6 is 0 Å². The number of nitrogens with one attached hydrogen (secondary N) is 1. The highest BCUT2D eigenvalue weighted by molar-refractivity contribution is 5.55. The van der Waals surface area contributed by atoms with E-state index in [1.807, 2.05) is 24.3 Å². The van der Waals surface area contributed by atoms with E-state index in [0.717, 1.165) is 11.4 Å². The molecule has 0 amide bonds. The number of nitrogen functional groups attached to an aromatic ring is 1. The molecule has 1 aromatic carbocycles. The summed E-state index contributed by atoms with van der Waals surface area (Å²) in [5.41, 5.74) is 7.39. The normalized spacial score (nSPS) is 11.4. The largest absolute Gasteiger partial charge is 0.399 e. The van der Waals surface area contributed by atoms with Crippen molar-refractivity contribution in [3.05, 3.63) is 24.3 Å². The lowest BCUT2D eigenvalue weighted by Crippen LogP contribution is -2.35. The Bertz CT molecular complexity index is 297. The first kappa shape index (κ1) is 10.9. The van der Waals surface area contributed by atoms with Crippen LogP contribution in [0.2, 0.25) is 0 Å². The summed E-state index contributed by atoms with van der Waals surface area (Å²) in [7, 11) is 1.70. The molecule has 0 heterocycles. The Morgan fingerprint density at radius 2 is 2.14 bits per heavy atom. The minimum Gasteiger partial charge on any atom is -0.399 e. The predicted molar refractivity (Wildman–Crippen MR) is 60.4 cm³/mol. The van der Waals surface area contributed by atoms with E-state index >= 15 is 0 Å². The number of benzene rings is 1. The Hall–Kier alpha value is -1.22. The van der Waals surface area contributed by atoms with Gasteiger partial charge in [-0.25, -0.2) is 0 Å². The zero-order valence-electron chi connectivity index (χ0n) is 9.00. The van der Waals surface area contributed by atoms with E-state index in [1.165, 1.54) is 0 Å². The van der Waals surface area contributed by atoms with Crippen molar-refractivity contribution in [3.63, 3.8) is 0 Å². The topological polar surface area (TPSA) is 47.3 Å². The maximum Gasteiger partial charge on any atom is 0.0687 e. The second kappa shape index (κ2) is 4.33. The van der Waals surface area contributed by atoms with E-state index in [-0.39, 0.29) is 5.54 Å². The van der Waals surface area contributed by atoms with Gasteiger partial charge in [0, 0.05) is 18.5 Å². The average molecular weight is 194 g/mol. The number of hydrogen-bond donors (Lipinski definition) is 2. The van der Waals surface area contributed by atoms with Gasteiger partial charge in [0.1, 0.15) is 0 Å². The van der Waals surface area contributed by atoms with Gasteiger partial charge >= 0.3 is 0 Å². The molecule has 14 heavy (non-hydrogen) atoms. The second-order valence-corrected chi connectivity index (χ2v) is 4.07. The number of methoxy groups -OCH3 is 1. The van der Waals surface area contributed by atoms with E-state index in [9.17, 15) is 0 Å². The number of ether oxygens (including phenoxy) is 1. The van der Waals surface area contributed by atoms with Gasteiger partial charge in [-0.1, -0.05) is 6.07 Å². The first-order valence-corrected chi connectivity index (χ1v) is 4.66. The van der Waals surface area contributed by atoms with E-state index in [0.29, 0.717) is 6.61 Å². The van der Waals surface area contributed by atoms with Crippen molar-refractivity contribution in [1.29, 1.82) is 0 Å². The van der Waals surface area contributed by atoms with Crippen molar-refractivity contribution < 1.29 is 4.74 Å². The van der Waals surface area contributed by atoms with Gasteiger partial charge in [0.15, 0.2) is 0 Å². The molecule has 0 aliphatic rings. The molecule has 3 heteroatoms. The third-order valence-electron chi connectivity index (χ3n) is 1.87. The minimum absolute atomic E-state index is 0.0808. The van der Waals surface area contributed by atoms with E-state index in [1.54, 1.807) is 7.11 Å². The molecular weight excluding hydrogens is 176 g/mol. The molecule has 0 aromatic heterocycles. The molecule has 0 bridgehead atoms. The molecule has 0 fully saturated rings. The van der Waals surface area contributed by atoms with E-state index < -0.39 is 0 Å². The van der Waals surface area contributed by atoms with Gasteiger partial charge in [-0.05, 0) is 32.0 Å². The van der Waals surface area contributed by atoms with Gasteiger partial charge in [-0.2, -0.15) is 0 Å². The summed E-state index contributed by atoms with van der Waals surface area (Å²) in [6.07, 6.45) is 0. The summed E-state index contributed by atoms with van der Waals surface area (Å²) in [6.45, 7) is 4.82. The summed E-state index contributed by atoms with van der Waals surface area (Å²) >= 11 is 0. The number of hydrogen-bond acceptors (Lipinski definition) is 3. The van der Waals surface area contributed by atoms with E-state index in [2.05, 4.69) is 19.2 Å². The van der Waals surface area contributed by atoms with Gasteiger partial charge in [-0.3, -0.25) is 0 Å². The lowest BCUT2D eigenvalue weighted by atomic mass is 10.1. The summed E-state index contributed by atoms with van der Waals surface area (Å²) in [6, 6.07) is 7.71. The van der Waals surface area contributed by atoms with Crippen molar-refractivity contribution in [3.8, 4) is 0 Å². The molecule has 1 aromatic rings. The Morgan fingerprint density at radius 1 is 1.43 bits per heavy atom. The van der Waals surface area contributed by atoms with Gasteiger partial charge in [0.05, 0.1) is 12.1 Å². The monoisotopic (exact) mass is 194 g/mol. The highest BCUT2D eigenvalue weighted by Crippen LogP contribution is 2.17. The summed E-state index contributed by atoms with van der Waals surface area (Å²) in [4.78, 5) is 0. The van der Waals surface area contributed by atoms with Gasteiger partial charge in [-0.15, -0.1) is 0 Å². The van der Waals surface area contributed by atoms with Crippen LogP contribution in [0.1, 0.15) is 13.8 Å². The molecule has 0 aliphatic carbocycles. The molecule has 0 aliphatic heterocycles. The summed E-state index contributed by atoms with van der Waals surface area (Å²) in [5.74, 6) is 0. The molecule has 78 valence electrons. The molecule has 0 saturated heterocycles. The molecule has 3 N–H and O–H groups in total. The number of rotatable bonds is 4. The predicted octanol–water partition coefficient (Wildman–Crippen LogP) is 2.11. The SMILES string of the molecule is COCC(C)(C)Nc1cccc(N)c1. The van der Waals surface area contributed by atoms with Gasteiger partial charge < -0.3 is 15.8 Å². The van der Waals surface area contributed by atoms with Crippen LogP contribution in [0.25, 0.3) is 0 Å². The Kier molecular flexibility index (Phi) is 3.36. The zero-order valence-corrected chi connectivity index (χ0v) is 9.00. The van der Waals surface area contributed by atoms with Crippen LogP contribution in [0.15, 0.2) is 24.3 Å². The van der Waals surface area contributed by atoms with Crippen LogP contribution < -0.4 is 11.1 Å². The van der Waals surface area contributed by atoms with Crippen LogP contribution in [0.3, 0.4) is 0 Å². The van der Waals surface area contributed by atoms with Crippen LogP contribution in [0.5, 0.6) is 0 Å². The molecular formula is C11H18N2O. The maximum atomic E-state index is 5.68. The Labute approximate surface area is 85.3 Å². The number of anilines is 2. The quantitative estimate of drug-likeness (QED) is 0.722. The third-order valence-corrected chi connectivity index (χ3v) is 1.87. The van der Waals surface area contributed by atoms with Gasteiger partial charge in [0.25, 0.3) is 0 Å². The smallest absolute Gasteiger partial charge is 0.0687 e. The third kappa shape index (κ3) is 3.26. The van der Waals surface area contributed by atoms with Crippen molar-refractivity contribution in [2.75, 3.05) is 24.8 Å². The van der Waals surface area contributed by atoms with Crippen LogP contribution in [-0.2, 0) is 4.74 Å². The fourth-order valence-corrected chi connectivity index (χ4v) is 1.40. The highest BCUT2D eigenvalue weighted by Gasteiger charge is 2.16. The Balaban J connectivity index is 2.68. The van der Waals surface area contributed by atoms with Crippen LogP contribution in [-0.4, -0.2) is 19.3 Å². The summed E-state index contributed by atoms with van der Waals surface area (Å²) in [5, 5.41) is 3.36. The van der Waals surface area contributed by atoms with Crippen molar-refractivity contribution in [2.45, 2.75) is 19.4 Å². The molecule has 0 unspecified atom stereocenters. The van der Waals surface area contributed by atoms with Crippen molar-refractivity contribution in [2.24, 2.45) is 0 Å². The minimum atomic E-state index is -0.0808. The molecule has 0 atom stereocenters. The molecule has 0 radical (unpaired) electrons. The first-order valence-electron chi connectivity index (χ1n) is 4.66. The maximum absolute atomic E-state index is 5.68. The Morgan fingerprint density at radius 3 is 2.71 bits per heavy atom. The second-order valence-electron chi connectivity index (χ2n) is 4.07. The lowest BCUT2D eigenvalue weighted by molar-refractivity contribution is 0.158. The van der Waals surface area contributed by atoms with Gasteiger partial charge in [0.2, 0.25) is 0 Å². The molecule has 3 nitrogen and oxygen atoms in total. The molecule has 0 spiro atoms. The van der Waals surface area contributed by atoms with Crippen molar-refractivity contribution in [1.82, 2.24) is 0 Å². The molecule has 1 rings (SSSR count). The fourth-order valence-electron chi connectivity index (χ4n) is 1.40. The summed E-state index contributed by atoms with van der Waals surface area (Å²) < 4.78 is 5.12. The van der Waals surface area contributed by atoms with Crippen molar-refractivity contribution >= 4 is 11.4 Å².